The molecular formula is C44H47BF6O5P2. The molecule has 0 radical (unpaired) electrons. The summed E-state index contributed by atoms with van der Waals surface area (Å²) in [4.78, 5) is 28.8. The van der Waals surface area contributed by atoms with Gasteiger partial charge in [0.25, 0.3) is 0 Å². The van der Waals surface area contributed by atoms with Crippen LogP contribution < -0.4 is 15.3 Å². The van der Waals surface area contributed by atoms with E-state index in [0.29, 0.717) is 33.9 Å². The fourth-order valence-corrected chi connectivity index (χ4v) is 16.9. The molecule has 58 heavy (non-hydrogen) atoms. The van der Waals surface area contributed by atoms with E-state index in [0.717, 1.165) is 0 Å². The maximum atomic E-state index is 14.4. The first-order chi connectivity index (χ1) is 27.4. The molecule has 0 fully saturated rings. The van der Waals surface area contributed by atoms with Gasteiger partial charge in [0.15, 0.2) is 0 Å². The molecule has 0 amide bonds. The van der Waals surface area contributed by atoms with E-state index in [9.17, 15) is 35.9 Å². The van der Waals surface area contributed by atoms with Gasteiger partial charge in [-0.1, -0.05) is 0 Å². The molecule has 5 rings (SSSR count). The Morgan fingerprint density at radius 3 is 1.10 bits per heavy atom. The molecule has 0 aliphatic carbocycles. The fourth-order valence-electron chi connectivity index (χ4n) is 7.63. The van der Waals surface area contributed by atoms with Crippen molar-refractivity contribution in [3.8, 4) is 5.75 Å². The predicted molar refractivity (Wildman–Crippen MR) is 224 cm³/mol. The molecular weight excluding hydrogens is 795 g/mol. The summed E-state index contributed by atoms with van der Waals surface area (Å²) in [5, 5.41) is 1.27. The second-order valence-electron chi connectivity index (χ2n) is 14.4. The van der Waals surface area contributed by atoms with E-state index in [1.807, 2.05) is 52.0 Å². The van der Waals surface area contributed by atoms with E-state index in [1.54, 1.807) is 97.1 Å². The molecule has 0 saturated heterocycles. The molecule has 0 bridgehead atoms. The van der Waals surface area contributed by atoms with Crippen molar-refractivity contribution in [3.05, 3.63) is 162 Å². The average molecular weight is 843 g/mol. The Balaban J connectivity index is 1.82. The number of hydrogen-bond acceptors (Lipinski definition) is 5. The van der Waals surface area contributed by atoms with Gasteiger partial charge in [-0.05, 0) is 0 Å². The number of hydrogen-bond donors (Lipinski definition) is 0. The number of benzene rings is 5. The standard InChI is InChI=1S/C44H47BF6O5P2/c1-5-57(6-2,39-25-17-11-18-26-39,32-41(52)34-21-13-9-14-22-34)55-45(54-38-30-36(43(46,47)48)29-37(31-38)44(49,50)51)56-58(7-3,8-4,40-27-19-12-20-28-40)33-42(53)35-23-15-10-16-24-35/h9-31H,5-8,32-33H2,1-4H3. The van der Waals surface area contributed by atoms with Crippen molar-refractivity contribution in [1.82, 2.24) is 0 Å². The SMILES string of the molecule is CCP(CC)(CC(=O)c1ccccc1)(OB(Oc1cc(C(F)(F)F)cc(C(F)(F)F)c1)OP(CC)(CC)(CC(=O)c1ccccc1)c1ccccc1)c1ccccc1. The number of ketones is 2. The predicted octanol–water partition coefficient (Wildman–Crippen LogP) is 11.6. The van der Waals surface area contributed by atoms with E-state index < -0.39 is 50.2 Å². The minimum absolute atomic E-state index is 0.0186. The molecule has 0 aliphatic heterocycles. The van der Waals surface area contributed by atoms with Crippen LogP contribution in [0, 0.1) is 0 Å². The first-order valence-electron chi connectivity index (χ1n) is 19.1. The summed E-state index contributed by atoms with van der Waals surface area (Å²) in [6.07, 6.45) is -9.86. The molecule has 308 valence electrons. The van der Waals surface area contributed by atoms with Crippen molar-refractivity contribution in [2.24, 2.45) is 0 Å². The van der Waals surface area contributed by atoms with Gasteiger partial charge in [0, 0.05) is 0 Å². The van der Waals surface area contributed by atoms with Gasteiger partial charge in [-0.3, -0.25) is 0 Å². The number of carbonyl (C=O) groups excluding carboxylic acids is 2. The van der Waals surface area contributed by atoms with Crippen LogP contribution in [0.15, 0.2) is 140 Å². The van der Waals surface area contributed by atoms with Gasteiger partial charge in [-0.2, -0.15) is 0 Å². The summed E-state index contributed by atoms with van der Waals surface area (Å²) in [6.45, 7) is -1.11. The molecule has 0 aromatic heterocycles. The van der Waals surface area contributed by atoms with Gasteiger partial charge in [-0.15, -0.1) is 0 Å². The van der Waals surface area contributed by atoms with Crippen LogP contribution in [-0.4, -0.2) is 55.9 Å². The zero-order valence-corrected chi connectivity index (χ0v) is 34.6. The van der Waals surface area contributed by atoms with Crippen molar-refractivity contribution in [1.29, 1.82) is 0 Å². The van der Waals surface area contributed by atoms with Crippen LogP contribution in [0.2, 0.25) is 0 Å². The van der Waals surface area contributed by atoms with Gasteiger partial charge in [-0.25, -0.2) is 0 Å². The summed E-state index contributed by atoms with van der Waals surface area (Å²) in [6, 6.07) is 36.0. The maximum absolute atomic E-state index is 14.4. The zero-order valence-electron chi connectivity index (χ0n) is 32.8. The Kier molecular flexibility index (Phi) is 13.5. The quantitative estimate of drug-likeness (QED) is 0.0381. The molecule has 0 heterocycles. The zero-order chi connectivity index (χ0) is 42.3. The summed E-state index contributed by atoms with van der Waals surface area (Å²) in [5.74, 6) is -1.38. The van der Waals surface area contributed by atoms with E-state index in [2.05, 4.69) is 0 Å². The molecule has 5 nitrogen and oxygen atoms in total. The summed E-state index contributed by atoms with van der Waals surface area (Å²) < 4.78 is 106. The van der Waals surface area contributed by atoms with Gasteiger partial charge < -0.3 is 0 Å². The molecule has 0 N–H and O–H groups in total. The Labute approximate surface area is 336 Å². The number of rotatable bonds is 18. The van der Waals surface area contributed by atoms with Crippen molar-refractivity contribution in [2.75, 3.05) is 37.0 Å². The number of Topliss-reactive ketones (excluding diaryl/α,β-unsaturated/α-hetero) is 2. The average Bonchev–Trinajstić information content (AvgIpc) is 3.23. The van der Waals surface area contributed by atoms with E-state index in [1.165, 1.54) is 0 Å². The Bertz CT molecular complexity index is 2010. The van der Waals surface area contributed by atoms with Crippen molar-refractivity contribution in [2.45, 2.75) is 40.0 Å². The van der Waals surface area contributed by atoms with Crippen LogP contribution in [0.25, 0.3) is 0 Å². The van der Waals surface area contributed by atoms with Gasteiger partial charge >= 0.3 is 337 Å². The number of halogens is 6. The summed E-state index contributed by atoms with van der Waals surface area (Å²) >= 11 is 0. The molecule has 5 aromatic rings. The van der Waals surface area contributed by atoms with Crippen LogP contribution in [0.5, 0.6) is 5.75 Å². The van der Waals surface area contributed by atoms with Crippen LogP contribution >= 0.6 is 13.7 Å². The van der Waals surface area contributed by atoms with E-state index in [-0.39, 0.29) is 54.6 Å². The first kappa shape index (κ1) is 44.8. The van der Waals surface area contributed by atoms with Crippen molar-refractivity contribution >= 4 is 43.2 Å². The van der Waals surface area contributed by atoms with E-state index >= 15 is 0 Å². The summed E-state index contributed by atoms with van der Waals surface area (Å²) in [5.41, 5.74) is -2.40. The third-order valence-corrected chi connectivity index (χ3v) is 24.1. The Morgan fingerprint density at radius 2 is 0.810 bits per heavy atom. The van der Waals surface area contributed by atoms with Crippen LogP contribution in [0.1, 0.15) is 59.5 Å². The fraction of sp³-hybridized carbons (Fsp3) is 0.273. The van der Waals surface area contributed by atoms with Gasteiger partial charge in [0.1, 0.15) is 0 Å². The summed E-state index contributed by atoms with van der Waals surface area (Å²) in [7, 11) is -2.01. The van der Waals surface area contributed by atoms with E-state index in [4.69, 9.17) is 13.5 Å². The molecule has 0 unspecified atom stereocenters. The van der Waals surface area contributed by atoms with Gasteiger partial charge in [0.05, 0.1) is 0 Å². The topological polar surface area (TPSA) is 61.8 Å². The number of alkyl halides is 6. The monoisotopic (exact) mass is 842 g/mol. The van der Waals surface area contributed by atoms with Crippen molar-refractivity contribution < 1.29 is 49.5 Å². The molecule has 5 aromatic carbocycles. The number of carbonyl (C=O) groups is 2. The molecule has 0 spiro atoms. The minimum atomic E-state index is -5.17. The Hall–Kier alpha value is -4.34. The van der Waals surface area contributed by atoms with Crippen LogP contribution in [0.3, 0.4) is 0 Å². The third kappa shape index (κ3) is 9.26. The second kappa shape index (κ2) is 17.5. The second-order valence-corrected chi connectivity index (χ2v) is 25.5. The molecule has 0 atom stereocenters. The van der Waals surface area contributed by atoms with Gasteiger partial charge in [0.2, 0.25) is 0 Å². The van der Waals surface area contributed by atoms with Crippen molar-refractivity contribution in [3.63, 3.8) is 0 Å². The van der Waals surface area contributed by atoms with Crippen LogP contribution in [0.4, 0.5) is 26.3 Å². The van der Waals surface area contributed by atoms with Crippen LogP contribution in [-0.2, 0) is 21.2 Å². The normalized spacial score (nSPS) is 13.8. The first-order valence-corrected chi connectivity index (χ1v) is 24.5. The third-order valence-electron chi connectivity index (χ3n) is 11.5. The molecule has 14 heteroatoms. The molecule has 0 aliphatic rings. The molecule has 0 saturated carbocycles. The Morgan fingerprint density at radius 1 is 0.500 bits per heavy atom.